The van der Waals surface area contributed by atoms with E-state index >= 15 is 0 Å². The van der Waals surface area contributed by atoms with Crippen LogP contribution in [0.3, 0.4) is 0 Å². The number of carbonyl (C=O) groups is 2. The molecule has 1 aliphatic rings. The minimum atomic E-state index is -0.486. The maximum Gasteiger partial charge on any atom is 0.229 e. The van der Waals surface area contributed by atoms with Crippen LogP contribution in [0.2, 0.25) is 0 Å². The maximum atomic E-state index is 11.7. The van der Waals surface area contributed by atoms with Gasteiger partial charge in [-0.25, -0.2) is 0 Å². The summed E-state index contributed by atoms with van der Waals surface area (Å²) in [6.45, 7) is 1.96. The van der Waals surface area contributed by atoms with Crippen molar-refractivity contribution in [2.45, 2.75) is 13.3 Å². The van der Waals surface area contributed by atoms with Gasteiger partial charge in [0, 0.05) is 11.5 Å². The molecule has 0 spiro atoms. The van der Waals surface area contributed by atoms with Crippen LogP contribution in [-0.4, -0.2) is 16.7 Å². The largest absolute Gasteiger partial charge is 0.508 e. The minimum Gasteiger partial charge on any atom is -0.508 e. The summed E-state index contributed by atoms with van der Waals surface area (Å²) < 4.78 is 0. The zero-order chi connectivity index (χ0) is 11.0. The normalized spacial score (nSPS) is 23.5. The van der Waals surface area contributed by atoms with Gasteiger partial charge in [0.05, 0.1) is 0 Å². The number of aromatic hydroxyl groups is 1. The Morgan fingerprint density at radius 1 is 1.40 bits per heavy atom. The summed E-state index contributed by atoms with van der Waals surface area (Å²) in [5.74, 6) is -0.565. The van der Waals surface area contributed by atoms with Gasteiger partial charge in [0.15, 0.2) is 0 Å². The fourth-order valence-electron chi connectivity index (χ4n) is 1.65. The van der Waals surface area contributed by atoms with E-state index in [1.165, 1.54) is 12.1 Å². The fourth-order valence-corrected chi connectivity index (χ4v) is 1.65. The standard InChI is InChI=1S/C12H12O3/c1-7-5-10(7)12(15)11(14)8-3-2-4-9(13)6-8/h2-4,6-7,10,13H,5H2,1H3/t7-,10?/m0/s1. The van der Waals surface area contributed by atoms with Crippen LogP contribution in [0.25, 0.3) is 0 Å². The predicted octanol–water partition coefficient (Wildman–Crippen LogP) is 1.80. The minimum absolute atomic E-state index is 0.0116. The molecule has 3 nitrogen and oxygen atoms in total. The molecule has 0 radical (unpaired) electrons. The molecule has 1 fully saturated rings. The molecule has 0 bridgehead atoms. The summed E-state index contributed by atoms with van der Waals surface area (Å²) >= 11 is 0. The lowest BCUT2D eigenvalue weighted by Crippen LogP contribution is -2.16. The summed E-state index contributed by atoms with van der Waals surface area (Å²) in [7, 11) is 0. The molecule has 2 rings (SSSR count). The van der Waals surface area contributed by atoms with Gasteiger partial charge in [-0.2, -0.15) is 0 Å². The Morgan fingerprint density at radius 2 is 2.07 bits per heavy atom. The van der Waals surface area contributed by atoms with Crippen LogP contribution in [-0.2, 0) is 4.79 Å². The first-order chi connectivity index (χ1) is 7.09. The molecule has 78 valence electrons. The van der Waals surface area contributed by atoms with E-state index in [-0.39, 0.29) is 23.0 Å². The number of hydrogen-bond donors (Lipinski definition) is 1. The first-order valence-corrected chi connectivity index (χ1v) is 4.97. The quantitative estimate of drug-likeness (QED) is 0.603. The van der Waals surface area contributed by atoms with Gasteiger partial charge in [-0.15, -0.1) is 0 Å². The molecular formula is C12H12O3. The van der Waals surface area contributed by atoms with Crippen LogP contribution in [0.15, 0.2) is 24.3 Å². The lowest BCUT2D eigenvalue weighted by Gasteiger charge is -1.99. The van der Waals surface area contributed by atoms with Gasteiger partial charge in [-0.3, -0.25) is 9.59 Å². The van der Waals surface area contributed by atoms with E-state index in [4.69, 9.17) is 0 Å². The van der Waals surface area contributed by atoms with E-state index in [1.807, 2.05) is 6.92 Å². The first-order valence-electron chi connectivity index (χ1n) is 4.97. The molecule has 0 heterocycles. The third-order valence-corrected chi connectivity index (χ3v) is 2.78. The molecule has 0 saturated heterocycles. The summed E-state index contributed by atoms with van der Waals surface area (Å²) in [6.07, 6.45) is 0.809. The van der Waals surface area contributed by atoms with Crippen molar-refractivity contribution in [1.82, 2.24) is 0 Å². The summed E-state index contributed by atoms with van der Waals surface area (Å²) in [4.78, 5) is 23.3. The van der Waals surface area contributed by atoms with Crippen molar-refractivity contribution in [3.63, 3.8) is 0 Å². The number of carbonyl (C=O) groups excluding carboxylic acids is 2. The fraction of sp³-hybridized carbons (Fsp3) is 0.333. The maximum absolute atomic E-state index is 11.7. The molecule has 1 unspecified atom stereocenters. The molecule has 1 saturated carbocycles. The molecule has 1 N–H and O–H groups in total. The van der Waals surface area contributed by atoms with Crippen LogP contribution >= 0.6 is 0 Å². The van der Waals surface area contributed by atoms with Crippen LogP contribution in [0.5, 0.6) is 5.75 Å². The zero-order valence-corrected chi connectivity index (χ0v) is 8.43. The zero-order valence-electron chi connectivity index (χ0n) is 8.43. The molecule has 15 heavy (non-hydrogen) atoms. The highest BCUT2D eigenvalue weighted by molar-refractivity contribution is 6.44. The highest BCUT2D eigenvalue weighted by Crippen LogP contribution is 2.39. The topological polar surface area (TPSA) is 54.4 Å². The van der Waals surface area contributed by atoms with Gasteiger partial charge in [-0.1, -0.05) is 19.1 Å². The van der Waals surface area contributed by atoms with Crippen LogP contribution < -0.4 is 0 Å². The highest BCUT2D eigenvalue weighted by Gasteiger charge is 2.42. The van der Waals surface area contributed by atoms with E-state index < -0.39 is 5.78 Å². The molecular weight excluding hydrogens is 192 g/mol. The number of rotatable bonds is 3. The third kappa shape index (κ3) is 1.91. The summed E-state index contributed by atoms with van der Waals surface area (Å²) in [5, 5.41) is 9.19. The summed E-state index contributed by atoms with van der Waals surface area (Å²) in [5.41, 5.74) is 0.277. The highest BCUT2D eigenvalue weighted by atomic mass is 16.3. The molecule has 0 amide bonds. The molecule has 2 atom stereocenters. The Balaban J connectivity index is 2.17. The second-order valence-corrected chi connectivity index (χ2v) is 4.06. The SMILES string of the molecule is C[C@H]1CC1C(=O)C(=O)c1cccc(O)c1. The van der Waals surface area contributed by atoms with Crippen molar-refractivity contribution in [2.24, 2.45) is 11.8 Å². The second-order valence-electron chi connectivity index (χ2n) is 4.06. The van der Waals surface area contributed by atoms with E-state index in [0.29, 0.717) is 5.92 Å². The average molecular weight is 204 g/mol. The Labute approximate surface area is 87.7 Å². The van der Waals surface area contributed by atoms with Crippen LogP contribution in [0.1, 0.15) is 23.7 Å². The lowest BCUT2D eigenvalue weighted by molar-refractivity contribution is -0.116. The van der Waals surface area contributed by atoms with Crippen molar-refractivity contribution < 1.29 is 14.7 Å². The number of Topliss-reactive ketones (excluding diaryl/α,β-unsaturated/α-hetero) is 2. The summed E-state index contributed by atoms with van der Waals surface area (Å²) in [6, 6.07) is 5.91. The van der Waals surface area contributed by atoms with Crippen LogP contribution in [0.4, 0.5) is 0 Å². The average Bonchev–Trinajstić information content (AvgIpc) is 2.93. The van der Waals surface area contributed by atoms with E-state index in [2.05, 4.69) is 0 Å². The van der Waals surface area contributed by atoms with Gasteiger partial charge < -0.3 is 5.11 Å². The van der Waals surface area contributed by atoms with Gasteiger partial charge in [0.2, 0.25) is 11.6 Å². The molecule has 1 aliphatic carbocycles. The predicted molar refractivity (Wildman–Crippen MR) is 54.7 cm³/mol. The Kier molecular flexibility index (Phi) is 2.31. The van der Waals surface area contributed by atoms with Crippen molar-refractivity contribution in [1.29, 1.82) is 0 Å². The Morgan fingerprint density at radius 3 is 2.60 bits per heavy atom. The number of ketones is 2. The second kappa shape index (κ2) is 3.50. The van der Waals surface area contributed by atoms with E-state index in [9.17, 15) is 14.7 Å². The Hall–Kier alpha value is -1.64. The van der Waals surface area contributed by atoms with Crippen molar-refractivity contribution in [3.05, 3.63) is 29.8 Å². The lowest BCUT2D eigenvalue weighted by atomic mass is 10.0. The number of phenols is 1. The van der Waals surface area contributed by atoms with Gasteiger partial charge in [-0.05, 0) is 24.5 Å². The van der Waals surface area contributed by atoms with Gasteiger partial charge in [0.25, 0.3) is 0 Å². The molecule has 0 aromatic heterocycles. The monoisotopic (exact) mass is 204 g/mol. The van der Waals surface area contributed by atoms with Gasteiger partial charge >= 0.3 is 0 Å². The van der Waals surface area contributed by atoms with E-state index in [1.54, 1.807) is 12.1 Å². The van der Waals surface area contributed by atoms with Gasteiger partial charge in [0.1, 0.15) is 5.75 Å². The number of phenolic OH excluding ortho intramolecular Hbond substituents is 1. The third-order valence-electron chi connectivity index (χ3n) is 2.78. The molecule has 3 heteroatoms. The molecule has 0 aliphatic heterocycles. The number of benzene rings is 1. The van der Waals surface area contributed by atoms with Crippen molar-refractivity contribution >= 4 is 11.6 Å². The van der Waals surface area contributed by atoms with Crippen molar-refractivity contribution in [3.8, 4) is 5.75 Å². The Bertz CT molecular complexity index is 423. The van der Waals surface area contributed by atoms with Crippen molar-refractivity contribution in [2.75, 3.05) is 0 Å². The number of hydrogen-bond acceptors (Lipinski definition) is 3. The molecule has 1 aromatic carbocycles. The smallest absolute Gasteiger partial charge is 0.229 e. The first kappa shape index (κ1) is 9.90. The molecule has 1 aromatic rings. The van der Waals surface area contributed by atoms with E-state index in [0.717, 1.165) is 6.42 Å². The van der Waals surface area contributed by atoms with Crippen LogP contribution in [0, 0.1) is 11.8 Å².